The third-order valence-corrected chi connectivity index (χ3v) is 8.02. The lowest BCUT2D eigenvalue weighted by atomic mass is 9.95. The Morgan fingerprint density at radius 1 is 1.03 bits per heavy atom. The van der Waals surface area contributed by atoms with Crippen LogP contribution >= 0.6 is 0 Å². The van der Waals surface area contributed by atoms with Crippen molar-refractivity contribution in [3.8, 4) is 11.5 Å². The Labute approximate surface area is 175 Å². The number of nitrogens with one attached hydrogen (secondary N) is 1. The van der Waals surface area contributed by atoms with Gasteiger partial charge in [0.05, 0.1) is 41.7 Å². The maximum Gasteiger partial charge on any atom is 0.262 e. The van der Waals surface area contributed by atoms with E-state index in [1.807, 2.05) is 0 Å². The highest BCUT2D eigenvalue weighted by atomic mass is 32.2. The molecule has 1 aliphatic rings. The molecule has 30 heavy (non-hydrogen) atoms. The molecule has 1 N–H and O–H groups in total. The Hall–Kier alpha value is -2.79. The van der Waals surface area contributed by atoms with Crippen LogP contribution in [-0.2, 0) is 24.8 Å². The van der Waals surface area contributed by atoms with Gasteiger partial charge in [0.25, 0.3) is 10.0 Å². The molecule has 0 unspecified atom stereocenters. The fourth-order valence-corrected chi connectivity index (χ4v) is 6.29. The normalized spacial score (nSPS) is 17.6. The minimum atomic E-state index is -4.01. The molecule has 0 aliphatic carbocycles. The van der Waals surface area contributed by atoms with E-state index in [4.69, 9.17) is 9.47 Å². The first kappa shape index (κ1) is 21.9. The number of ether oxygens (including phenoxy) is 2. The molecule has 1 heterocycles. The van der Waals surface area contributed by atoms with Crippen LogP contribution in [0.2, 0.25) is 0 Å². The van der Waals surface area contributed by atoms with E-state index in [0.717, 1.165) is 4.31 Å². The second-order valence-electron chi connectivity index (χ2n) is 7.38. The molecule has 0 radical (unpaired) electrons. The fourth-order valence-electron chi connectivity index (χ4n) is 3.12. The number of anilines is 2. The predicted molar refractivity (Wildman–Crippen MR) is 112 cm³/mol. The van der Waals surface area contributed by atoms with Crippen molar-refractivity contribution in [2.24, 2.45) is 5.41 Å². The summed E-state index contributed by atoms with van der Waals surface area (Å²) in [4.78, 5) is 12.4. The highest BCUT2D eigenvalue weighted by molar-refractivity contribution is 7.94. The first-order valence-corrected chi connectivity index (χ1v) is 11.9. The van der Waals surface area contributed by atoms with Crippen LogP contribution in [0.3, 0.4) is 0 Å². The van der Waals surface area contributed by atoms with E-state index in [0.29, 0.717) is 11.5 Å². The number of nitrogens with zero attached hydrogens (tertiary/aromatic N) is 1. The molecule has 0 atom stereocenters. The summed E-state index contributed by atoms with van der Waals surface area (Å²) in [7, 11) is -4.98. The Morgan fingerprint density at radius 2 is 1.67 bits per heavy atom. The topological polar surface area (TPSA) is 119 Å². The van der Waals surface area contributed by atoms with Crippen molar-refractivity contribution in [2.45, 2.75) is 18.7 Å². The van der Waals surface area contributed by atoms with Gasteiger partial charge < -0.3 is 9.47 Å². The third-order valence-electron chi connectivity index (χ3n) is 4.62. The lowest BCUT2D eigenvalue weighted by Crippen LogP contribution is -2.32. The number of amides is 1. The van der Waals surface area contributed by atoms with Crippen molar-refractivity contribution in [3.05, 3.63) is 42.5 Å². The quantitative estimate of drug-likeness (QED) is 0.711. The summed E-state index contributed by atoms with van der Waals surface area (Å²) in [5.41, 5.74) is -0.780. The molecule has 9 nitrogen and oxygen atoms in total. The van der Waals surface area contributed by atoms with Crippen molar-refractivity contribution in [1.82, 2.24) is 0 Å². The van der Waals surface area contributed by atoms with Crippen LogP contribution in [0.25, 0.3) is 0 Å². The van der Waals surface area contributed by atoms with E-state index in [1.165, 1.54) is 44.6 Å². The molecule has 2 aromatic rings. The van der Waals surface area contributed by atoms with E-state index >= 15 is 0 Å². The standard InChI is InChI=1S/C19H22N2O7S2/c1-19(2)12-29(23,24)21(18(19)22)13-5-8-15(9-6-13)30(25,26)20-16-11-14(27-3)7-10-17(16)28-4/h5-11,20H,12H2,1-4H3. The van der Waals surface area contributed by atoms with E-state index in [-0.39, 0.29) is 22.0 Å². The number of hydrogen-bond acceptors (Lipinski definition) is 7. The van der Waals surface area contributed by atoms with Crippen molar-refractivity contribution < 1.29 is 31.1 Å². The van der Waals surface area contributed by atoms with Crippen LogP contribution in [0.5, 0.6) is 11.5 Å². The van der Waals surface area contributed by atoms with Crippen LogP contribution in [0, 0.1) is 5.41 Å². The maximum atomic E-state index is 12.8. The number of carbonyl (C=O) groups is 1. The highest BCUT2D eigenvalue weighted by Gasteiger charge is 2.49. The van der Waals surface area contributed by atoms with E-state index in [9.17, 15) is 21.6 Å². The fraction of sp³-hybridized carbons (Fsp3) is 0.316. The summed E-state index contributed by atoms with van der Waals surface area (Å²) in [5, 5.41) is 0. The summed E-state index contributed by atoms with van der Waals surface area (Å²) in [5.74, 6) is -0.135. The molecule has 1 amide bonds. The first-order valence-electron chi connectivity index (χ1n) is 8.84. The van der Waals surface area contributed by atoms with Gasteiger partial charge in [0, 0.05) is 6.07 Å². The van der Waals surface area contributed by atoms with Gasteiger partial charge in [0.1, 0.15) is 11.5 Å². The summed E-state index contributed by atoms with van der Waals surface area (Å²) in [6.07, 6.45) is 0. The zero-order valence-electron chi connectivity index (χ0n) is 16.9. The second-order valence-corrected chi connectivity index (χ2v) is 10.9. The van der Waals surface area contributed by atoms with Crippen LogP contribution in [0.15, 0.2) is 47.4 Å². The zero-order chi connectivity index (χ0) is 22.3. The molecule has 0 aromatic heterocycles. The van der Waals surface area contributed by atoms with Gasteiger partial charge in [-0.25, -0.2) is 21.1 Å². The van der Waals surface area contributed by atoms with Gasteiger partial charge in [-0.15, -0.1) is 0 Å². The van der Waals surface area contributed by atoms with Gasteiger partial charge in [-0.3, -0.25) is 9.52 Å². The van der Waals surface area contributed by atoms with Crippen LogP contribution in [-0.4, -0.2) is 42.7 Å². The van der Waals surface area contributed by atoms with Gasteiger partial charge in [-0.2, -0.15) is 0 Å². The van der Waals surface area contributed by atoms with Gasteiger partial charge in [0.2, 0.25) is 15.9 Å². The average molecular weight is 455 g/mol. The number of benzene rings is 2. The monoisotopic (exact) mass is 454 g/mol. The first-order chi connectivity index (χ1) is 13.9. The largest absolute Gasteiger partial charge is 0.497 e. The second kappa shape index (κ2) is 7.47. The molecule has 11 heteroatoms. The van der Waals surface area contributed by atoms with Crippen molar-refractivity contribution >= 4 is 37.3 Å². The van der Waals surface area contributed by atoms with Crippen molar-refractivity contribution in [1.29, 1.82) is 0 Å². The van der Waals surface area contributed by atoms with E-state index < -0.39 is 31.4 Å². The predicted octanol–water partition coefficient (Wildman–Crippen LogP) is 2.21. The molecular formula is C19H22N2O7S2. The number of rotatable bonds is 6. The summed E-state index contributed by atoms with van der Waals surface area (Å²) >= 11 is 0. The minimum Gasteiger partial charge on any atom is -0.497 e. The van der Waals surface area contributed by atoms with E-state index in [1.54, 1.807) is 26.0 Å². The molecule has 0 bridgehead atoms. The SMILES string of the molecule is COc1ccc(OC)c(NS(=O)(=O)c2ccc(N3C(=O)C(C)(C)CS3(=O)=O)cc2)c1. The molecule has 0 spiro atoms. The van der Waals surface area contributed by atoms with Crippen LogP contribution < -0.4 is 18.5 Å². The lowest BCUT2D eigenvalue weighted by Gasteiger charge is -2.18. The zero-order valence-corrected chi connectivity index (χ0v) is 18.5. The number of hydrogen-bond donors (Lipinski definition) is 1. The average Bonchev–Trinajstić information content (AvgIpc) is 2.83. The molecular weight excluding hydrogens is 432 g/mol. The molecule has 162 valence electrons. The molecule has 1 aliphatic heterocycles. The summed E-state index contributed by atoms with van der Waals surface area (Å²) < 4.78 is 63.8. The van der Waals surface area contributed by atoms with Gasteiger partial charge in [-0.1, -0.05) is 0 Å². The molecule has 3 rings (SSSR count). The van der Waals surface area contributed by atoms with E-state index in [2.05, 4.69) is 4.72 Å². The Bertz CT molecular complexity index is 1190. The smallest absolute Gasteiger partial charge is 0.262 e. The Balaban J connectivity index is 1.92. The molecule has 1 saturated heterocycles. The number of sulfonamides is 2. The minimum absolute atomic E-state index is 0.0866. The summed E-state index contributed by atoms with van der Waals surface area (Å²) in [6.45, 7) is 3.11. The van der Waals surface area contributed by atoms with Crippen LogP contribution in [0.4, 0.5) is 11.4 Å². The van der Waals surface area contributed by atoms with Gasteiger partial charge >= 0.3 is 0 Å². The van der Waals surface area contributed by atoms with Gasteiger partial charge in [-0.05, 0) is 50.2 Å². The number of carbonyl (C=O) groups excluding carboxylic acids is 1. The third kappa shape index (κ3) is 3.94. The lowest BCUT2D eigenvalue weighted by molar-refractivity contribution is -0.123. The Kier molecular flexibility index (Phi) is 5.46. The molecule has 2 aromatic carbocycles. The highest BCUT2D eigenvalue weighted by Crippen LogP contribution is 2.36. The van der Waals surface area contributed by atoms with Crippen molar-refractivity contribution in [3.63, 3.8) is 0 Å². The molecule has 1 fully saturated rings. The van der Waals surface area contributed by atoms with Crippen molar-refractivity contribution in [2.75, 3.05) is 29.0 Å². The maximum absolute atomic E-state index is 12.8. The molecule has 0 saturated carbocycles. The summed E-state index contributed by atoms with van der Waals surface area (Å²) in [6, 6.07) is 9.70. The van der Waals surface area contributed by atoms with Crippen LogP contribution in [0.1, 0.15) is 13.8 Å². The van der Waals surface area contributed by atoms with Gasteiger partial charge in [0.15, 0.2) is 0 Å². The Morgan fingerprint density at radius 3 is 2.17 bits per heavy atom. The number of methoxy groups -OCH3 is 2.